The van der Waals surface area contributed by atoms with Gasteiger partial charge in [-0.15, -0.1) is 0 Å². The number of carbonyl (C=O) groups excluding carboxylic acids is 1. The monoisotopic (exact) mass is 482 g/mol. The van der Waals surface area contributed by atoms with Gasteiger partial charge in [0, 0.05) is 11.1 Å². The molecule has 0 aliphatic carbocycles. The predicted octanol–water partition coefficient (Wildman–Crippen LogP) is 1.89. The zero-order valence-electron chi connectivity index (χ0n) is 9.66. The first-order chi connectivity index (χ1) is 9.38. The highest BCUT2D eigenvalue weighted by atomic mass is 127. The molecule has 0 fully saturated rings. The fraction of sp³-hybridized carbons (Fsp3) is 0.0833. The van der Waals surface area contributed by atoms with Gasteiger partial charge in [-0.1, -0.05) is 57.7 Å². The van der Waals surface area contributed by atoms with Crippen LogP contribution in [0, 0.1) is 6.45 Å². The lowest BCUT2D eigenvalue weighted by Crippen LogP contribution is -3.85. The maximum atomic E-state index is 11.8. The summed E-state index contributed by atoms with van der Waals surface area (Å²) < 4.78 is 5.30. The molecule has 0 aliphatic heterocycles. The summed E-state index contributed by atoms with van der Waals surface area (Å²) >= 11 is 21.7. The van der Waals surface area contributed by atoms with Crippen molar-refractivity contribution in [3.63, 3.8) is 0 Å². The number of alkyl halides is 3. The van der Waals surface area contributed by atoms with E-state index < -0.39 is 30.0 Å². The first kappa shape index (κ1) is 16.6. The highest BCUT2D eigenvalue weighted by Gasteiger charge is 2.43. The van der Waals surface area contributed by atoms with Gasteiger partial charge in [-0.25, -0.2) is 7.86 Å². The van der Waals surface area contributed by atoms with Gasteiger partial charge in [0.2, 0.25) is 2.88 Å². The molecule has 8 heteroatoms. The van der Waals surface area contributed by atoms with E-state index in [0.29, 0.717) is 5.02 Å². The molecule has 0 unspecified atom stereocenters. The lowest BCUT2D eigenvalue weighted by molar-refractivity contribution is -1.04. The largest absolute Gasteiger partial charge is 0.411 e. The Balaban J connectivity index is 2.31. The van der Waals surface area contributed by atoms with Crippen molar-refractivity contribution in [2.75, 3.05) is 0 Å². The van der Waals surface area contributed by atoms with Gasteiger partial charge in [0.1, 0.15) is 0 Å². The summed E-state index contributed by atoms with van der Waals surface area (Å²) in [5.41, 5.74) is 0. The van der Waals surface area contributed by atoms with Crippen molar-refractivity contribution in [1.82, 2.24) is 0 Å². The van der Waals surface area contributed by atoms with E-state index >= 15 is 0 Å². The lowest BCUT2D eigenvalue weighted by atomic mass is 10.4. The Morgan fingerprint density at radius 2 is 1.80 bits per heavy atom. The lowest BCUT2D eigenvalue weighted by Gasteiger charge is -2.08. The van der Waals surface area contributed by atoms with Gasteiger partial charge < -0.3 is 0 Å². The van der Waals surface area contributed by atoms with Crippen LogP contribution in [-0.4, -0.2) is 9.76 Å². The quantitative estimate of drug-likeness (QED) is 0.492. The molecule has 107 valence electrons. The number of benzene rings is 1. The molecule has 0 N–H and O–H groups in total. The van der Waals surface area contributed by atoms with Gasteiger partial charge in [0.15, 0.2) is 3.57 Å². The van der Waals surface area contributed by atoms with E-state index in [-0.39, 0.29) is 0 Å². The van der Waals surface area contributed by atoms with Gasteiger partial charge in [-0.2, -0.15) is 0 Å². The topological polar surface area (TPSA) is 26.3 Å². The highest BCUT2D eigenvalue weighted by molar-refractivity contribution is 7.07. The van der Waals surface area contributed by atoms with Crippen molar-refractivity contribution in [1.29, 1.82) is 0 Å². The summed E-state index contributed by atoms with van der Waals surface area (Å²) in [4.78, 5) is 11.8. The van der Waals surface area contributed by atoms with E-state index in [9.17, 15) is 4.79 Å². The van der Waals surface area contributed by atoms with E-state index in [4.69, 9.17) is 49.5 Å². The van der Waals surface area contributed by atoms with Crippen molar-refractivity contribution in [2.24, 2.45) is 0 Å². The average Bonchev–Trinajstić information content (AvgIpc) is 2.89. The molecule has 20 heavy (non-hydrogen) atoms. The zero-order valence-corrected chi connectivity index (χ0v) is 15.7. The third-order valence-electron chi connectivity index (χ3n) is 2.04. The number of thiophene rings is 1. The van der Waals surface area contributed by atoms with Gasteiger partial charge >= 0.3 is 26.2 Å². The number of hydrogen-bond acceptors (Lipinski definition) is 3. The molecule has 1 aromatic carbocycles. The standard InChI is InChI=1S/C12H7Cl4IO2S/c13-8-3-5-9(6-4-8)17(10-2-1-7-20-10)19-11(18)12(14,15)16/h1-7H/q+1. The van der Waals surface area contributed by atoms with Crippen molar-refractivity contribution in [2.45, 2.75) is 3.79 Å². The SMILES string of the molecule is O=C(O[I+](c1ccc(Cl)cc1)c1cccs1)C(Cl)(Cl)Cl. The predicted molar refractivity (Wildman–Crippen MR) is 79.5 cm³/mol. The summed E-state index contributed by atoms with van der Waals surface area (Å²) in [5.74, 6) is -0.851. The van der Waals surface area contributed by atoms with Crippen LogP contribution in [0.5, 0.6) is 0 Å². The van der Waals surface area contributed by atoms with Crippen LogP contribution in [0.3, 0.4) is 0 Å². The molecule has 0 bridgehead atoms. The van der Waals surface area contributed by atoms with Gasteiger partial charge in [0.25, 0.3) is 3.79 Å². The van der Waals surface area contributed by atoms with Crippen molar-refractivity contribution >= 4 is 63.7 Å². The minimum Gasteiger partial charge on any atom is -0.242 e. The van der Waals surface area contributed by atoms with Crippen LogP contribution in [0.1, 0.15) is 0 Å². The Labute approximate surface area is 147 Å². The summed E-state index contributed by atoms with van der Waals surface area (Å²) in [6.45, 7) is 0. The summed E-state index contributed by atoms with van der Waals surface area (Å²) in [5, 5.41) is 2.53. The first-order valence-electron chi connectivity index (χ1n) is 5.16. The van der Waals surface area contributed by atoms with Crippen LogP contribution < -0.4 is 20.2 Å². The second-order valence-corrected chi connectivity index (χ2v) is 12.1. The molecule has 2 nitrogen and oxygen atoms in total. The van der Waals surface area contributed by atoms with Gasteiger partial charge in [0.05, 0.1) is 0 Å². The minimum absolute atomic E-state index is 0.614. The molecule has 0 atom stereocenters. The fourth-order valence-corrected chi connectivity index (χ4v) is 7.67. The molecule has 0 spiro atoms. The number of rotatable bonds is 3. The molecule has 2 rings (SSSR count). The van der Waals surface area contributed by atoms with Crippen LogP contribution in [0.4, 0.5) is 0 Å². The molecular weight excluding hydrogens is 477 g/mol. The third-order valence-corrected chi connectivity index (χ3v) is 9.12. The van der Waals surface area contributed by atoms with Crippen molar-refractivity contribution in [3.8, 4) is 0 Å². The maximum absolute atomic E-state index is 11.8. The third kappa shape index (κ3) is 4.39. The van der Waals surface area contributed by atoms with E-state index in [1.807, 2.05) is 29.6 Å². The Kier molecular flexibility index (Phi) is 5.85. The molecule has 0 aliphatic rings. The van der Waals surface area contributed by atoms with Crippen LogP contribution in [0.2, 0.25) is 5.02 Å². The molecular formula is C12H7Cl4IO2S+. The van der Waals surface area contributed by atoms with E-state index in [0.717, 1.165) is 6.45 Å². The summed E-state index contributed by atoms with van der Waals surface area (Å²) in [6.07, 6.45) is 0. The molecule has 0 saturated heterocycles. The van der Waals surface area contributed by atoms with Crippen LogP contribution in [0.25, 0.3) is 0 Å². The van der Waals surface area contributed by atoms with Gasteiger partial charge in [-0.05, 0) is 35.7 Å². The fourth-order valence-electron chi connectivity index (χ4n) is 1.20. The summed E-state index contributed by atoms with van der Waals surface area (Å²) in [6, 6.07) is 11.0. The second-order valence-electron chi connectivity index (χ2n) is 3.46. The van der Waals surface area contributed by atoms with Crippen LogP contribution in [-0.2, 0) is 7.86 Å². The highest BCUT2D eigenvalue weighted by Crippen LogP contribution is 2.26. The van der Waals surface area contributed by atoms with E-state index in [2.05, 4.69) is 0 Å². The molecule has 1 aromatic heterocycles. The maximum Gasteiger partial charge on any atom is 0.411 e. The number of hydrogen-bond donors (Lipinski definition) is 0. The number of halogens is 5. The molecule has 1 heterocycles. The average molecular weight is 484 g/mol. The van der Waals surface area contributed by atoms with Crippen LogP contribution in [0.15, 0.2) is 41.8 Å². The van der Waals surface area contributed by atoms with E-state index in [1.165, 1.54) is 11.3 Å². The van der Waals surface area contributed by atoms with E-state index in [1.54, 1.807) is 12.1 Å². The normalized spacial score (nSPS) is 11.7. The summed E-state index contributed by atoms with van der Waals surface area (Å²) in [7, 11) is 0. The van der Waals surface area contributed by atoms with Crippen molar-refractivity contribution < 1.29 is 28.1 Å². The smallest absolute Gasteiger partial charge is 0.242 e. The second kappa shape index (κ2) is 7.03. The van der Waals surface area contributed by atoms with Crippen molar-refractivity contribution in [3.05, 3.63) is 53.3 Å². The van der Waals surface area contributed by atoms with Crippen LogP contribution >= 0.6 is 57.7 Å². The van der Waals surface area contributed by atoms with Gasteiger partial charge in [-0.3, -0.25) is 0 Å². The molecule has 2 aromatic rings. The number of carbonyl (C=O) groups is 1. The Hall–Kier alpha value is 0.280. The first-order valence-corrected chi connectivity index (χ1v) is 10.6. The molecule has 1 radical (unpaired) electrons. The molecule has 0 amide bonds. The molecule has 0 saturated carbocycles. The Bertz CT molecular complexity index is 581. The Morgan fingerprint density at radius 3 is 2.30 bits per heavy atom. The Morgan fingerprint density at radius 1 is 1.15 bits per heavy atom. The zero-order chi connectivity index (χ0) is 14.8. The minimum atomic E-state index is -2.43.